The second-order valence-corrected chi connectivity index (χ2v) is 5.26. The molecule has 0 radical (unpaired) electrons. The Morgan fingerprint density at radius 1 is 1.14 bits per heavy atom. The van der Waals surface area contributed by atoms with E-state index in [2.05, 4.69) is 5.32 Å². The summed E-state index contributed by atoms with van der Waals surface area (Å²) < 4.78 is 0. The summed E-state index contributed by atoms with van der Waals surface area (Å²) in [6.45, 7) is 2.44. The summed E-state index contributed by atoms with van der Waals surface area (Å²) in [5.74, 6) is -0.0814. The number of carbonyl (C=O) groups excluding carboxylic acids is 1. The maximum Gasteiger partial charge on any atom is 0.251 e. The van der Waals surface area contributed by atoms with Gasteiger partial charge >= 0.3 is 0 Å². The molecule has 0 aliphatic carbocycles. The summed E-state index contributed by atoms with van der Waals surface area (Å²) in [6, 6.07) is 13.3. The van der Waals surface area contributed by atoms with Crippen LogP contribution in [-0.2, 0) is 6.54 Å². The summed E-state index contributed by atoms with van der Waals surface area (Å²) in [6.07, 6.45) is 0. The van der Waals surface area contributed by atoms with E-state index < -0.39 is 0 Å². The fourth-order valence-electron chi connectivity index (χ4n) is 2.08. The molecule has 2 aromatic carbocycles. The molecule has 0 aliphatic heterocycles. The SMILES string of the molecule is Cc1c(N)cccc1CNC(=O)c1ccc(N(C)C)cc1. The van der Waals surface area contributed by atoms with Crippen molar-refractivity contribution in [2.75, 3.05) is 24.7 Å². The van der Waals surface area contributed by atoms with E-state index in [0.29, 0.717) is 12.1 Å². The van der Waals surface area contributed by atoms with Gasteiger partial charge < -0.3 is 16.0 Å². The van der Waals surface area contributed by atoms with Gasteiger partial charge in [-0.15, -0.1) is 0 Å². The van der Waals surface area contributed by atoms with Crippen molar-refractivity contribution in [2.24, 2.45) is 0 Å². The first-order chi connectivity index (χ1) is 9.99. The molecule has 0 fully saturated rings. The number of nitrogens with two attached hydrogens (primary N) is 1. The van der Waals surface area contributed by atoms with Gasteiger partial charge in [-0.05, 0) is 48.4 Å². The van der Waals surface area contributed by atoms with Crippen LogP contribution in [0.4, 0.5) is 11.4 Å². The molecule has 4 heteroatoms. The van der Waals surface area contributed by atoms with Crippen molar-refractivity contribution < 1.29 is 4.79 Å². The number of amides is 1. The smallest absolute Gasteiger partial charge is 0.251 e. The predicted molar refractivity (Wildman–Crippen MR) is 87.5 cm³/mol. The molecule has 0 saturated heterocycles. The van der Waals surface area contributed by atoms with E-state index in [-0.39, 0.29) is 5.91 Å². The molecule has 0 saturated carbocycles. The summed E-state index contributed by atoms with van der Waals surface area (Å²) in [4.78, 5) is 14.1. The first kappa shape index (κ1) is 14.9. The number of carbonyl (C=O) groups is 1. The van der Waals surface area contributed by atoms with Gasteiger partial charge in [-0.25, -0.2) is 0 Å². The van der Waals surface area contributed by atoms with E-state index in [1.54, 1.807) is 0 Å². The van der Waals surface area contributed by atoms with Crippen LogP contribution in [-0.4, -0.2) is 20.0 Å². The molecule has 21 heavy (non-hydrogen) atoms. The molecule has 0 aromatic heterocycles. The molecule has 0 aliphatic rings. The third-order valence-electron chi connectivity index (χ3n) is 3.57. The third-order valence-corrected chi connectivity index (χ3v) is 3.57. The van der Waals surface area contributed by atoms with Crippen molar-refractivity contribution in [2.45, 2.75) is 13.5 Å². The Morgan fingerprint density at radius 2 is 1.81 bits per heavy atom. The van der Waals surface area contributed by atoms with Crippen molar-refractivity contribution in [1.82, 2.24) is 5.32 Å². The van der Waals surface area contributed by atoms with Crippen LogP contribution in [0.5, 0.6) is 0 Å². The summed E-state index contributed by atoms with van der Waals surface area (Å²) >= 11 is 0. The van der Waals surface area contributed by atoms with Gasteiger partial charge in [0.25, 0.3) is 5.91 Å². The maximum atomic E-state index is 12.1. The molecule has 0 atom stereocenters. The van der Waals surface area contributed by atoms with Gasteiger partial charge in [0, 0.05) is 37.6 Å². The molecule has 0 unspecified atom stereocenters. The summed E-state index contributed by atoms with van der Waals surface area (Å²) in [5.41, 5.74) is 10.4. The molecule has 0 spiro atoms. The van der Waals surface area contributed by atoms with Crippen LogP contribution in [0.1, 0.15) is 21.5 Å². The Hall–Kier alpha value is -2.49. The van der Waals surface area contributed by atoms with Gasteiger partial charge in [0.05, 0.1) is 0 Å². The largest absolute Gasteiger partial charge is 0.399 e. The Bertz CT molecular complexity index is 633. The second-order valence-electron chi connectivity index (χ2n) is 5.26. The van der Waals surface area contributed by atoms with Gasteiger partial charge in [0.1, 0.15) is 0 Å². The van der Waals surface area contributed by atoms with E-state index in [1.165, 1.54) is 0 Å². The highest BCUT2D eigenvalue weighted by molar-refractivity contribution is 5.94. The molecule has 3 N–H and O–H groups in total. The zero-order valence-electron chi connectivity index (χ0n) is 12.7. The van der Waals surface area contributed by atoms with E-state index in [9.17, 15) is 4.79 Å². The van der Waals surface area contributed by atoms with E-state index in [4.69, 9.17) is 5.73 Å². The van der Waals surface area contributed by atoms with Gasteiger partial charge in [-0.1, -0.05) is 12.1 Å². The van der Waals surface area contributed by atoms with E-state index in [1.807, 2.05) is 68.4 Å². The zero-order valence-corrected chi connectivity index (χ0v) is 12.7. The van der Waals surface area contributed by atoms with Crippen molar-refractivity contribution in [3.8, 4) is 0 Å². The van der Waals surface area contributed by atoms with Crippen molar-refractivity contribution >= 4 is 17.3 Å². The number of anilines is 2. The van der Waals surface area contributed by atoms with Gasteiger partial charge in [0.2, 0.25) is 0 Å². The lowest BCUT2D eigenvalue weighted by atomic mass is 10.1. The maximum absolute atomic E-state index is 12.1. The molecule has 110 valence electrons. The lowest BCUT2D eigenvalue weighted by molar-refractivity contribution is 0.0951. The number of nitrogen functional groups attached to an aromatic ring is 1. The van der Waals surface area contributed by atoms with Crippen LogP contribution in [0.25, 0.3) is 0 Å². The Kier molecular flexibility index (Phi) is 4.48. The number of benzene rings is 2. The minimum absolute atomic E-state index is 0.0814. The first-order valence-corrected chi connectivity index (χ1v) is 6.88. The quantitative estimate of drug-likeness (QED) is 0.848. The fourth-order valence-corrected chi connectivity index (χ4v) is 2.08. The average molecular weight is 283 g/mol. The van der Waals surface area contributed by atoms with E-state index in [0.717, 1.165) is 22.5 Å². The van der Waals surface area contributed by atoms with Crippen LogP contribution >= 0.6 is 0 Å². The van der Waals surface area contributed by atoms with Crippen LogP contribution in [0, 0.1) is 6.92 Å². The Labute approximate surface area is 125 Å². The topological polar surface area (TPSA) is 58.4 Å². The molecule has 0 heterocycles. The molecular formula is C17H21N3O. The van der Waals surface area contributed by atoms with Gasteiger partial charge in [-0.2, -0.15) is 0 Å². The van der Waals surface area contributed by atoms with Crippen LogP contribution in [0.3, 0.4) is 0 Å². The molecule has 2 aromatic rings. The molecular weight excluding hydrogens is 262 g/mol. The highest BCUT2D eigenvalue weighted by atomic mass is 16.1. The average Bonchev–Trinajstić information content (AvgIpc) is 2.48. The molecule has 1 amide bonds. The van der Waals surface area contributed by atoms with Crippen LogP contribution in [0.15, 0.2) is 42.5 Å². The second kappa shape index (κ2) is 6.31. The fraction of sp³-hybridized carbons (Fsp3) is 0.235. The predicted octanol–water partition coefficient (Wildman–Crippen LogP) is 2.57. The van der Waals surface area contributed by atoms with Crippen LogP contribution in [0.2, 0.25) is 0 Å². The lowest BCUT2D eigenvalue weighted by Gasteiger charge is -2.13. The number of nitrogens with one attached hydrogen (secondary N) is 1. The standard InChI is InChI=1S/C17H21N3O/c1-12-14(5-4-6-16(12)18)11-19-17(21)13-7-9-15(10-8-13)20(2)3/h4-10H,11,18H2,1-3H3,(H,19,21). The molecule has 0 bridgehead atoms. The Morgan fingerprint density at radius 3 is 2.43 bits per heavy atom. The minimum Gasteiger partial charge on any atom is -0.399 e. The number of hydrogen-bond donors (Lipinski definition) is 2. The normalized spacial score (nSPS) is 10.2. The molecule has 4 nitrogen and oxygen atoms in total. The Balaban J connectivity index is 2.03. The lowest BCUT2D eigenvalue weighted by Crippen LogP contribution is -2.23. The summed E-state index contributed by atoms with van der Waals surface area (Å²) in [5, 5.41) is 2.92. The highest BCUT2D eigenvalue weighted by Gasteiger charge is 2.07. The number of nitrogens with zero attached hydrogens (tertiary/aromatic N) is 1. The number of hydrogen-bond acceptors (Lipinski definition) is 3. The monoisotopic (exact) mass is 283 g/mol. The first-order valence-electron chi connectivity index (χ1n) is 6.88. The highest BCUT2D eigenvalue weighted by Crippen LogP contribution is 2.16. The van der Waals surface area contributed by atoms with Gasteiger partial charge in [-0.3, -0.25) is 4.79 Å². The zero-order chi connectivity index (χ0) is 15.4. The number of rotatable bonds is 4. The minimum atomic E-state index is -0.0814. The molecule has 2 rings (SSSR count). The summed E-state index contributed by atoms with van der Waals surface area (Å²) in [7, 11) is 3.94. The van der Waals surface area contributed by atoms with Gasteiger partial charge in [0.15, 0.2) is 0 Å². The van der Waals surface area contributed by atoms with Crippen LogP contribution < -0.4 is 16.0 Å². The van der Waals surface area contributed by atoms with Crippen molar-refractivity contribution in [3.05, 3.63) is 59.2 Å². The van der Waals surface area contributed by atoms with Crippen molar-refractivity contribution in [3.63, 3.8) is 0 Å². The third kappa shape index (κ3) is 3.54. The van der Waals surface area contributed by atoms with Crippen molar-refractivity contribution in [1.29, 1.82) is 0 Å². The van der Waals surface area contributed by atoms with E-state index >= 15 is 0 Å².